The van der Waals surface area contributed by atoms with E-state index in [4.69, 9.17) is 14.2 Å². The lowest BCUT2D eigenvalue weighted by atomic mass is 10.2. The molecule has 142 valence electrons. The van der Waals surface area contributed by atoms with Crippen LogP contribution in [0.4, 0.5) is 10.1 Å². The first-order chi connectivity index (χ1) is 13.0. The summed E-state index contributed by atoms with van der Waals surface area (Å²) in [7, 11) is 1.52. The minimum atomic E-state index is -0.683. The number of methoxy groups -OCH3 is 1. The van der Waals surface area contributed by atoms with E-state index in [1.807, 2.05) is 6.92 Å². The van der Waals surface area contributed by atoms with E-state index < -0.39 is 24.3 Å². The first kappa shape index (κ1) is 20.0. The monoisotopic (exact) mass is 373 g/mol. The van der Waals surface area contributed by atoms with Crippen molar-refractivity contribution in [3.05, 3.63) is 59.9 Å². The van der Waals surface area contributed by atoms with Gasteiger partial charge in [0, 0.05) is 11.8 Å². The van der Waals surface area contributed by atoms with Gasteiger partial charge in [-0.15, -0.1) is 0 Å². The van der Waals surface area contributed by atoms with E-state index in [1.54, 1.807) is 18.2 Å². The minimum absolute atomic E-state index is 0.285. The molecule has 1 amide bonds. The molecule has 6 nitrogen and oxygen atoms in total. The Bertz CT molecular complexity index is 835. The maximum absolute atomic E-state index is 13.1. The Kier molecular flexibility index (Phi) is 7.37. The Morgan fingerprint density at radius 1 is 1.15 bits per heavy atom. The highest BCUT2D eigenvalue weighted by atomic mass is 19.1. The maximum atomic E-state index is 13.1. The third kappa shape index (κ3) is 6.47. The molecule has 0 unspecified atom stereocenters. The van der Waals surface area contributed by atoms with Gasteiger partial charge in [-0.1, -0.05) is 12.1 Å². The lowest BCUT2D eigenvalue weighted by molar-refractivity contribution is -0.142. The number of hydrogen-bond donors (Lipinski definition) is 1. The van der Waals surface area contributed by atoms with Gasteiger partial charge in [0.25, 0.3) is 5.91 Å². The second-order valence-electron chi connectivity index (χ2n) is 5.34. The highest BCUT2D eigenvalue weighted by Crippen LogP contribution is 2.28. The van der Waals surface area contributed by atoms with Crippen molar-refractivity contribution in [1.82, 2.24) is 0 Å². The van der Waals surface area contributed by atoms with Gasteiger partial charge in [0.1, 0.15) is 5.82 Å². The van der Waals surface area contributed by atoms with Crippen molar-refractivity contribution in [1.29, 1.82) is 0 Å². The molecule has 0 spiro atoms. The summed E-state index contributed by atoms with van der Waals surface area (Å²) in [5, 5.41) is 2.43. The van der Waals surface area contributed by atoms with Gasteiger partial charge in [-0.2, -0.15) is 0 Å². The number of amides is 1. The molecule has 7 heteroatoms. The van der Waals surface area contributed by atoms with Crippen LogP contribution in [0.2, 0.25) is 0 Å². The topological polar surface area (TPSA) is 73.9 Å². The summed E-state index contributed by atoms with van der Waals surface area (Å²) in [6.45, 7) is 1.90. The van der Waals surface area contributed by atoms with Gasteiger partial charge in [0.05, 0.1) is 13.7 Å². The number of rotatable bonds is 8. The summed E-state index contributed by atoms with van der Waals surface area (Å²) >= 11 is 0. The standard InChI is InChI=1S/C20H20FNO5/c1-3-26-17-9-7-14(11-18(17)25-2)8-10-20(24)27-13-19(23)22-16-6-4-5-15(21)12-16/h4-12H,3,13H2,1-2H3,(H,22,23)/b10-8+. The molecule has 0 atom stereocenters. The summed E-state index contributed by atoms with van der Waals surface area (Å²) in [5.41, 5.74) is 0.990. The number of carbonyl (C=O) groups is 2. The van der Waals surface area contributed by atoms with Crippen molar-refractivity contribution in [2.24, 2.45) is 0 Å². The van der Waals surface area contributed by atoms with Crippen molar-refractivity contribution in [3.8, 4) is 11.5 Å². The van der Waals surface area contributed by atoms with Gasteiger partial charge < -0.3 is 19.5 Å². The third-order valence-corrected chi connectivity index (χ3v) is 3.35. The molecule has 2 aromatic rings. The summed E-state index contributed by atoms with van der Waals surface area (Å²) in [5.74, 6) is -0.573. The number of halogens is 1. The Morgan fingerprint density at radius 3 is 2.67 bits per heavy atom. The number of carbonyl (C=O) groups excluding carboxylic acids is 2. The predicted octanol–water partition coefficient (Wildman–Crippen LogP) is 3.43. The molecular weight excluding hydrogens is 353 g/mol. The Morgan fingerprint density at radius 2 is 1.96 bits per heavy atom. The predicted molar refractivity (Wildman–Crippen MR) is 99.2 cm³/mol. The lowest BCUT2D eigenvalue weighted by Crippen LogP contribution is -2.20. The molecule has 0 aliphatic rings. The summed E-state index contributed by atoms with van der Waals surface area (Å²) in [6, 6.07) is 10.6. The van der Waals surface area contributed by atoms with Gasteiger partial charge in [0.15, 0.2) is 18.1 Å². The van der Waals surface area contributed by atoms with Crippen LogP contribution in [0, 0.1) is 5.82 Å². The second-order valence-corrected chi connectivity index (χ2v) is 5.34. The quantitative estimate of drug-likeness (QED) is 0.567. The summed E-state index contributed by atoms with van der Waals surface area (Å²) in [4.78, 5) is 23.5. The van der Waals surface area contributed by atoms with Crippen molar-refractivity contribution in [3.63, 3.8) is 0 Å². The first-order valence-corrected chi connectivity index (χ1v) is 8.23. The fourth-order valence-electron chi connectivity index (χ4n) is 2.17. The van der Waals surface area contributed by atoms with E-state index in [9.17, 15) is 14.0 Å². The fraction of sp³-hybridized carbons (Fsp3) is 0.200. The van der Waals surface area contributed by atoms with Crippen LogP contribution >= 0.6 is 0 Å². The Labute approximate surface area is 156 Å². The zero-order chi connectivity index (χ0) is 19.6. The van der Waals surface area contributed by atoms with Crippen molar-refractivity contribution >= 4 is 23.6 Å². The average Bonchev–Trinajstić information content (AvgIpc) is 2.65. The van der Waals surface area contributed by atoms with Crippen LogP contribution in [0.3, 0.4) is 0 Å². The van der Waals surface area contributed by atoms with Crippen LogP contribution < -0.4 is 14.8 Å². The van der Waals surface area contributed by atoms with Crippen LogP contribution in [-0.4, -0.2) is 32.2 Å². The zero-order valence-electron chi connectivity index (χ0n) is 15.0. The molecule has 2 aromatic carbocycles. The van der Waals surface area contributed by atoms with Crippen LogP contribution in [-0.2, 0) is 14.3 Å². The first-order valence-electron chi connectivity index (χ1n) is 8.23. The molecule has 0 aromatic heterocycles. The largest absolute Gasteiger partial charge is 0.493 e. The molecular formula is C20H20FNO5. The number of nitrogens with one attached hydrogen (secondary N) is 1. The molecule has 0 saturated heterocycles. The SMILES string of the molecule is CCOc1ccc(/C=C/C(=O)OCC(=O)Nc2cccc(F)c2)cc1OC. The van der Waals surface area contributed by atoms with Crippen LogP contribution in [0.15, 0.2) is 48.5 Å². The third-order valence-electron chi connectivity index (χ3n) is 3.35. The molecule has 0 aliphatic heterocycles. The minimum Gasteiger partial charge on any atom is -0.493 e. The van der Waals surface area contributed by atoms with Gasteiger partial charge in [0.2, 0.25) is 0 Å². The molecule has 0 radical (unpaired) electrons. The second kappa shape index (κ2) is 9.96. The van der Waals surface area contributed by atoms with E-state index in [1.165, 1.54) is 43.5 Å². The number of anilines is 1. The van der Waals surface area contributed by atoms with Gasteiger partial charge in [-0.05, 0) is 48.9 Å². The lowest BCUT2D eigenvalue weighted by Gasteiger charge is -2.09. The number of hydrogen-bond acceptors (Lipinski definition) is 5. The molecule has 0 heterocycles. The number of esters is 1. The highest BCUT2D eigenvalue weighted by Gasteiger charge is 2.07. The number of ether oxygens (including phenoxy) is 3. The van der Waals surface area contributed by atoms with E-state index >= 15 is 0 Å². The van der Waals surface area contributed by atoms with Crippen LogP contribution in [0.1, 0.15) is 12.5 Å². The average molecular weight is 373 g/mol. The van der Waals surface area contributed by atoms with Crippen molar-refractivity contribution < 1.29 is 28.2 Å². The Hall–Kier alpha value is -3.35. The highest BCUT2D eigenvalue weighted by molar-refractivity contribution is 5.94. The molecule has 27 heavy (non-hydrogen) atoms. The molecule has 0 saturated carbocycles. The Balaban J connectivity index is 1.86. The summed E-state index contributed by atoms with van der Waals surface area (Å²) in [6.07, 6.45) is 2.73. The molecule has 0 fully saturated rings. The van der Waals surface area contributed by atoms with Crippen molar-refractivity contribution in [2.75, 3.05) is 25.6 Å². The van der Waals surface area contributed by atoms with E-state index in [0.717, 1.165) is 0 Å². The fourth-order valence-corrected chi connectivity index (χ4v) is 2.17. The number of benzene rings is 2. The van der Waals surface area contributed by atoms with Crippen LogP contribution in [0.25, 0.3) is 6.08 Å². The maximum Gasteiger partial charge on any atom is 0.331 e. The molecule has 2 rings (SSSR count). The summed E-state index contributed by atoms with van der Waals surface area (Å²) < 4.78 is 28.6. The molecule has 1 N–H and O–H groups in total. The normalized spacial score (nSPS) is 10.5. The van der Waals surface area contributed by atoms with E-state index in [0.29, 0.717) is 23.7 Å². The van der Waals surface area contributed by atoms with Crippen LogP contribution in [0.5, 0.6) is 11.5 Å². The van der Waals surface area contributed by atoms with Gasteiger partial charge in [-0.3, -0.25) is 4.79 Å². The zero-order valence-corrected chi connectivity index (χ0v) is 15.0. The molecule has 0 bridgehead atoms. The van der Waals surface area contributed by atoms with Gasteiger partial charge in [-0.25, -0.2) is 9.18 Å². The van der Waals surface area contributed by atoms with Crippen molar-refractivity contribution in [2.45, 2.75) is 6.92 Å². The van der Waals surface area contributed by atoms with E-state index in [2.05, 4.69) is 5.32 Å². The smallest absolute Gasteiger partial charge is 0.331 e. The van der Waals surface area contributed by atoms with Gasteiger partial charge >= 0.3 is 5.97 Å². The van der Waals surface area contributed by atoms with E-state index in [-0.39, 0.29) is 5.69 Å². The molecule has 0 aliphatic carbocycles.